The summed E-state index contributed by atoms with van der Waals surface area (Å²) in [6, 6.07) is 0. The predicted molar refractivity (Wildman–Crippen MR) is 55.7 cm³/mol. The quantitative estimate of drug-likeness (QED) is 0.681. The minimum Gasteiger partial charge on any atom is -0.396 e. The van der Waals surface area contributed by atoms with E-state index in [1.54, 1.807) is 0 Å². The van der Waals surface area contributed by atoms with Gasteiger partial charge in [-0.25, -0.2) is 0 Å². The van der Waals surface area contributed by atoms with Crippen LogP contribution in [-0.4, -0.2) is 36.2 Å². The van der Waals surface area contributed by atoms with Crippen LogP contribution in [0.15, 0.2) is 0 Å². The second-order valence-corrected chi connectivity index (χ2v) is 5.09. The van der Waals surface area contributed by atoms with Crippen LogP contribution in [0.3, 0.4) is 0 Å². The van der Waals surface area contributed by atoms with Gasteiger partial charge < -0.3 is 10.0 Å². The summed E-state index contributed by atoms with van der Waals surface area (Å²) in [6.07, 6.45) is 2.83. The summed E-state index contributed by atoms with van der Waals surface area (Å²) in [5, 5.41) is 9.16. The average molecular weight is 185 g/mol. The van der Waals surface area contributed by atoms with E-state index in [-0.39, 0.29) is 12.0 Å². The van der Waals surface area contributed by atoms with E-state index >= 15 is 0 Å². The van der Waals surface area contributed by atoms with Gasteiger partial charge in [-0.15, -0.1) is 0 Å². The minimum atomic E-state index is 0.0604. The maximum Gasteiger partial charge on any atom is 0.0494 e. The van der Waals surface area contributed by atoms with Crippen LogP contribution in [0.25, 0.3) is 0 Å². The molecule has 0 atom stereocenters. The third-order valence-corrected chi connectivity index (χ3v) is 2.74. The summed E-state index contributed by atoms with van der Waals surface area (Å²) >= 11 is 0. The second-order valence-electron chi connectivity index (χ2n) is 5.09. The summed E-state index contributed by atoms with van der Waals surface area (Å²) < 4.78 is 0. The zero-order valence-corrected chi connectivity index (χ0v) is 9.21. The summed E-state index contributed by atoms with van der Waals surface area (Å²) in [6.45, 7) is 10.1. The molecule has 0 aromatic carbocycles. The van der Waals surface area contributed by atoms with E-state index in [2.05, 4.69) is 25.7 Å². The zero-order chi connectivity index (χ0) is 9.90. The standard InChI is InChI=1S/C11H23NO/c1-4-12(7-10-5-6-10)8-11(2,3)9-13/h10,13H,4-9H2,1-3H3. The highest BCUT2D eigenvalue weighted by molar-refractivity contribution is 4.80. The van der Waals surface area contributed by atoms with Crippen molar-refractivity contribution in [2.45, 2.75) is 33.6 Å². The highest BCUT2D eigenvalue weighted by atomic mass is 16.3. The fourth-order valence-corrected chi connectivity index (χ4v) is 1.63. The first-order valence-corrected chi connectivity index (χ1v) is 5.40. The predicted octanol–water partition coefficient (Wildman–Crippen LogP) is 1.74. The molecule has 1 aliphatic carbocycles. The summed E-state index contributed by atoms with van der Waals surface area (Å²) in [4.78, 5) is 2.47. The topological polar surface area (TPSA) is 23.5 Å². The van der Waals surface area contributed by atoms with Crippen LogP contribution in [0.4, 0.5) is 0 Å². The highest BCUT2D eigenvalue weighted by Gasteiger charge is 2.26. The second kappa shape index (κ2) is 4.43. The largest absolute Gasteiger partial charge is 0.396 e. The van der Waals surface area contributed by atoms with E-state index in [1.165, 1.54) is 19.4 Å². The third-order valence-electron chi connectivity index (χ3n) is 2.74. The van der Waals surface area contributed by atoms with Gasteiger partial charge in [-0.05, 0) is 25.3 Å². The number of aliphatic hydroxyl groups excluding tert-OH is 1. The van der Waals surface area contributed by atoms with Gasteiger partial charge in [-0.1, -0.05) is 20.8 Å². The van der Waals surface area contributed by atoms with Crippen molar-refractivity contribution >= 4 is 0 Å². The summed E-state index contributed by atoms with van der Waals surface area (Å²) in [5.74, 6) is 0.953. The van der Waals surface area contributed by atoms with E-state index < -0.39 is 0 Å². The lowest BCUT2D eigenvalue weighted by Gasteiger charge is -2.30. The molecular weight excluding hydrogens is 162 g/mol. The third kappa shape index (κ3) is 4.10. The highest BCUT2D eigenvalue weighted by Crippen LogP contribution is 2.30. The van der Waals surface area contributed by atoms with Gasteiger partial charge in [0.2, 0.25) is 0 Å². The number of hydrogen-bond acceptors (Lipinski definition) is 2. The van der Waals surface area contributed by atoms with Crippen molar-refractivity contribution in [1.29, 1.82) is 0 Å². The Bertz CT molecular complexity index is 152. The van der Waals surface area contributed by atoms with Gasteiger partial charge in [-0.3, -0.25) is 0 Å². The first kappa shape index (κ1) is 11.0. The maximum absolute atomic E-state index is 9.16. The fraction of sp³-hybridized carbons (Fsp3) is 1.00. The van der Waals surface area contributed by atoms with Crippen molar-refractivity contribution in [2.75, 3.05) is 26.2 Å². The molecular formula is C11H23NO. The Hall–Kier alpha value is -0.0800. The molecule has 1 rings (SSSR count). The Morgan fingerprint density at radius 3 is 2.38 bits per heavy atom. The fourth-order valence-electron chi connectivity index (χ4n) is 1.63. The van der Waals surface area contributed by atoms with Gasteiger partial charge in [0.1, 0.15) is 0 Å². The smallest absolute Gasteiger partial charge is 0.0494 e. The molecule has 0 aliphatic heterocycles. The Balaban J connectivity index is 2.28. The van der Waals surface area contributed by atoms with Crippen LogP contribution >= 0.6 is 0 Å². The van der Waals surface area contributed by atoms with Crippen molar-refractivity contribution in [2.24, 2.45) is 11.3 Å². The molecule has 13 heavy (non-hydrogen) atoms. The van der Waals surface area contributed by atoms with E-state index in [9.17, 15) is 0 Å². The molecule has 2 nitrogen and oxygen atoms in total. The van der Waals surface area contributed by atoms with Crippen LogP contribution in [0, 0.1) is 11.3 Å². The molecule has 0 aromatic heterocycles. The van der Waals surface area contributed by atoms with Crippen LogP contribution < -0.4 is 0 Å². The Kier molecular flexibility index (Phi) is 3.74. The van der Waals surface area contributed by atoms with E-state index in [0.29, 0.717) is 0 Å². The van der Waals surface area contributed by atoms with Crippen molar-refractivity contribution in [3.05, 3.63) is 0 Å². The molecule has 0 bridgehead atoms. The molecule has 0 saturated heterocycles. The van der Waals surface area contributed by atoms with E-state index in [4.69, 9.17) is 5.11 Å². The molecule has 1 saturated carbocycles. The molecule has 1 fully saturated rings. The monoisotopic (exact) mass is 185 g/mol. The van der Waals surface area contributed by atoms with Gasteiger partial charge in [-0.2, -0.15) is 0 Å². The Labute approximate surface area is 81.9 Å². The van der Waals surface area contributed by atoms with Gasteiger partial charge in [0, 0.05) is 25.1 Å². The SMILES string of the molecule is CCN(CC1CC1)CC(C)(C)CO. The molecule has 0 aromatic rings. The molecule has 1 aliphatic rings. The molecule has 0 amide bonds. The number of nitrogens with zero attached hydrogens (tertiary/aromatic N) is 1. The van der Waals surface area contributed by atoms with Gasteiger partial charge in [0.05, 0.1) is 0 Å². The van der Waals surface area contributed by atoms with Crippen molar-refractivity contribution in [3.63, 3.8) is 0 Å². The molecule has 0 heterocycles. The maximum atomic E-state index is 9.16. The number of rotatable bonds is 6. The van der Waals surface area contributed by atoms with Crippen LogP contribution in [-0.2, 0) is 0 Å². The molecule has 0 spiro atoms. The molecule has 2 heteroatoms. The number of hydrogen-bond donors (Lipinski definition) is 1. The van der Waals surface area contributed by atoms with Gasteiger partial charge in [0.15, 0.2) is 0 Å². The molecule has 0 unspecified atom stereocenters. The van der Waals surface area contributed by atoms with Crippen molar-refractivity contribution < 1.29 is 5.11 Å². The van der Waals surface area contributed by atoms with Gasteiger partial charge >= 0.3 is 0 Å². The first-order chi connectivity index (χ1) is 6.07. The van der Waals surface area contributed by atoms with Crippen LogP contribution in [0.1, 0.15) is 33.6 Å². The van der Waals surface area contributed by atoms with Crippen molar-refractivity contribution in [3.8, 4) is 0 Å². The lowest BCUT2D eigenvalue weighted by Crippen LogP contribution is -2.37. The first-order valence-electron chi connectivity index (χ1n) is 5.40. The van der Waals surface area contributed by atoms with Crippen molar-refractivity contribution in [1.82, 2.24) is 4.90 Å². The van der Waals surface area contributed by atoms with E-state index in [1.807, 2.05) is 0 Å². The minimum absolute atomic E-state index is 0.0604. The lowest BCUT2D eigenvalue weighted by molar-refractivity contribution is 0.103. The Morgan fingerprint density at radius 1 is 1.38 bits per heavy atom. The molecule has 0 radical (unpaired) electrons. The Morgan fingerprint density at radius 2 is 2.00 bits per heavy atom. The average Bonchev–Trinajstić information content (AvgIpc) is 2.87. The molecule has 1 N–H and O–H groups in total. The summed E-state index contributed by atoms with van der Waals surface area (Å²) in [5.41, 5.74) is 0.0604. The van der Waals surface area contributed by atoms with Gasteiger partial charge in [0.25, 0.3) is 0 Å². The van der Waals surface area contributed by atoms with E-state index in [0.717, 1.165) is 19.0 Å². The zero-order valence-electron chi connectivity index (χ0n) is 9.21. The normalized spacial score (nSPS) is 18.2. The van der Waals surface area contributed by atoms with Crippen LogP contribution in [0.5, 0.6) is 0 Å². The summed E-state index contributed by atoms with van der Waals surface area (Å²) in [7, 11) is 0. The lowest BCUT2D eigenvalue weighted by atomic mass is 9.94. The number of aliphatic hydroxyl groups is 1. The molecule has 78 valence electrons. The van der Waals surface area contributed by atoms with Crippen LogP contribution in [0.2, 0.25) is 0 Å².